The van der Waals surface area contributed by atoms with E-state index < -0.39 is 0 Å². The third-order valence-corrected chi connectivity index (χ3v) is 15.9. The summed E-state index contributed by atoms with van der Waals surface area (Å²) in [5, 5.41) is 10.4. The van der Waals surface area contributed by atoms with Crippen molar-refractivity contribution < 1.29 is 0 Å². The molecule has 68 heavy (non-hydrogen) atoms. The van der Waals surface area contributed by atoms with E-state index in [1.54, 1.807) is 0 Å². The molecule has 0 N–H and O–H groups in total. The first-order valence-electron chi connectivity index (χ1n) is 24.4. The molecule has 0 saturated heterocycles. The van der Waals surface area contributed by atoms with E-state index in [0.717, 1.165) is 0 Å². The van der Waals surface area contributed by atoms with Crippen molar-refractivity contribution >= 4 is 43.1 Å². The van der Waals surface area contributed by atoms with Crippen molar-refractivity contribution in [3.8, 4) is 66.8 Å². The molecule has 0 radical (unpaired) electrons. The molecular formula is C68H54. The van der Waals surface area contributed by atoms with Crippen LogP contribution >= 0.6 is 0 Å². The fraction of sp³-hybridized carbons (Fsp3) is 0.147. The van der Waals surface area contributed by atoms with E-state index >= 15 is 0 Å². The first kappa shape index (κ1) is 40.7. The van der Waals surface area contributed by atoms with Crippen molar-refractivity contribution in [2.45, 2.75) is 64.7 Å². The van der Waals surface area contributed by atoms with Gasteiger partial charge in [-0.25, -0.2) is 0 Å². The molecule has 0 heterocycles. The van der Waals surface area contributed by atoms with Crippen LogP contribution in [0.4, 0.5) is 0 Å². The molecular weight excluding hydrogens is 817 g/mol. The SMILES string of the molecule is CC(C)(C)c1c2ccccc2c(-c2cccc3ccccc23)c2ccc(-c3cc(-c4ccc5c(c4)C(C)(C)c4ccccc4-5)cc(-c4ccc5c(c4)C(C)(C)c4ccc6ccccc6c4-5)c3)cc12. The summed E-state index contributed by atoms with van der Waals surface area (Å²) in [7, 11) is 0. The third-order valence-electron chi connectivity index (χ3n) is 15.9. The summed E-state index contributed by atoms with van der Waals surface area (Å²) in [6.07, 6.45) is 0. The highest BCUT2D eigenvalue weighted by Crippen LogP contribution is 2.54. The van der Waals surface area contributed by atoms with Crippen LogP contribution in [0.5, 0.6) is 0 Å². The molecule has 0 aliphatic heterocycles. The highest BCUT2D eigenvalue weighted by molar-refractivity contribution is 6.19. The van der Waals surface area contributed by atoms with Crippen LogP contribution in [0.25, 0.3) is 110 Å². The lowest BCUT2D eigenvalue weighted by molar-refractivity contribution is 0.601. The van der Waals surface area contributed by atoms with Crippen molar-refractivity contribution in [2.24, 2.45) is 0 Å². The second kappa shape index (κ2) is 14.5. The van der Waals surface area contributed by atoms with Crippen LogP contribution in [0.1, 0.15) is 76.3 Å². The van der Waals surface area contributed by atoms with Gasteiger partial charge in [-0.3, -0.25) is 0 Å². The average Bonchev–Trinajstić information content (AvgIpc) is 3.73. The van der Waals surface area contributed by atoms with Crippen LogP contribution in [-0.2, 0) is 16.2 Å². The summed E-state index contributed by atoms with van der Waals surface area (Å²) in [6, 6.07) is 76.3. The lowest BCUT2D eigenvalue weighted by Crippen LogP contribution is -2.15. The second-order valence-corrected chi connectivity index (χ2v) is 21.7. The van der Waals surface area contributed by atoms with E-state index in [0.29, 0.717) is 0 Å². The first-order chi connectivity index (χ1) is 32.9. The zero-order valence-corrected chi connectivity index (χ0v) is 40.1. The Labute approximate surface area is 400 Å². The van der Waals surface area contributed by atoms with Gasteiger partial charge in [-0.1, -0.05) is 212 Å². The van der Waals surface area contributed by atoms with E-state index in [1.807, 2.05) is 0 Å². The minimum absolute atomic E-state index is 0.0978. The summed E-state index contributed by atoms with van der Waals surface area (Å²) < 4.78 is 0. The maximum atomic E-state index is 2.51. The zero-order valence-electron chi connectivity index (χ0n) is 40.1. The Balaban J connectivity index is 1.05. The average molecular weight is 871 g/mol. The standard InChI is InChI=1S/C68H54/c1-66(2,3)65-56-24-13-12-23-54(56)63(53-25-16-19-41-17-8-10-20-49(41)53)55-32-28-43(38-58(55)65)46-35-47(44-27-31-52-51-22-14-15-26-59(51)67(4,5)61(52)39-44)37-48(36-46)45-29-33-57-62(40-45)68(6,7)60-34-30-42-18-9-11-21-50(42)64(57)60/h8-40H,1-7H3. The Morgan fingerprint density at radius 3 is 1.47 bits per heavy atom. The molecule has 326 valence electrons. The van der Waals surface area contributed by atoms with Crippen molar-refractivity contribution in [3.05, 3.63) is 228 Å². The topological polar surface area (TPSA) is 0 Å². The summed E-state index contributed by atoms with van der Waals surface area (Å²) in [5.74, 6) is 0. The highest BCUT2D eigenvalue weighted by Gasteiger charge is 2.38. The van der Waals surface area contributed by atoms with E-state index in [4.69, 9.17) is 0 Å². The van der Waals surface area contributed by atoms with Crippen LogP contribution in [0.15, 0.2) is 200 Å². The number of rotatable bonds is 4. The monoisotopic (exact) mass is 870 g/mol. The molecule has 0 nitrogen and oxygen atoms in total. The number of hydrogen-bond acceptors (Lipinski definition) is 0. The largest absolute Gasteiger partial charge is 0.0619 e. The minimum atomic E-state index is -0.141. The lowest BCUT2D eigenvalue weighted by Gasteiger charge is -2.27. The smallest absolute Gasteiger partial charge is 0.0159 e. The number of fused-ring (bicyclic) bond motifs is 11. The van der Waals surface area contributed by atoms with Gasteiger partial charge in [0, 0.05) is 10.8 Å². The molecule has 2 aliphatic rings. The van der Waals surface area contributed by atoms with Crippen LogP contribution < -0.4 is 0 Å². The Morgan fingerprint density at radius 1 is 0.279 bits per heavy atom. The molecule has 2 aliphatic carbocycles. The Hall–Kier alpha value is -7.54. The third kappa shape index (κ3) is 5.93. The van der Waals surface area contributed by atoms with Gasteiger partial charge >= 0.3 is 0 Å². The molecule has 11 aromatic rings. The van der Waals surface area contributed by atoms with E-state index in [9.17, 15) is 0 Å². The molecule has 0 amide bonds. The zero-order chi connectivity index (χ0) is 46.3. The van der Waals surface area contributed by atoms with E-state index in [-0.39, 0.29) is 16.2 Å². The van der Waals surface area contributed by atoms with Crippen molar-refractivity contribution in [2.75, 3.05) is 0 Å². The molecule has 0 aromatic heterocycles. The number of benzene rings is 11. The second-order valence-electron chi connectivity index (χ2n) is 21.7. The normalized spacial score (nSPS) is 14.3. The van der Waals surface area contributed by atoms with E-state index in [2.05, 4.69) is 249 Å². The van der Waals surface area contributed by atoms with Gasteiger partial charge in [-0.05, 0) is 179 Å². The molecule has 0 bridgehead atoms. The van der Waals surface area contributed by atoms with Gasteiger partial charge in [0.25, 0.3) is 0 Å². The van der Waals surface area contributed by atoms with Gasteiger partial charge in [-0.15, -0.1) is 0 Å². The lowest BCUT2D eigenvalue weighted by atomic mass is 9.77. The summed E-state index contributed by atoms with van der Waals surface area (Å²) >= 11 is 0. The van der Waals surface area contributed by atoms with Gasteiger partial charge in [-0.2, -0.15) is 0 Å². The molecule has 13 rings (SSSR count). The summed E-state index contributed by atoms with van der Waals surface area (Å²) in [5.41, 5.74) is 22.0. The van der Waals surface area contributed by atoms with Crippen molar-refractivity contribution in [3.63, 3.8) is 0 Å². The first-order valence-corrected chi connectivity index (χ1v) is 24.4. The van der Waals surface area contributed by atoms with Gasteiger partial charge in [0.05, 0.1) is 0 Å². The molecule has 0 atom stereocenters. The predicted octanol–water partition coefficient (Wildman–Crippen LogP) is 18.9. The maximum Gasteiger partial charge on any atom is 0.0159 e. The molecule has 0 spiro atoms. The van der Waals surface area contributed by atoms with Gasteiger partial charge in [0.1, 0.15) is 0 Å². The van der Waals surface area contributed by atoms with Crippen LogP contribution in [-0.4, -0.2) is 0 Å². The molecule has 0 heteroatoms. The molecule has 11 aromatic carbocycles. The molecule has 0 saturated carbocycles. The fourth-order valence-electron chi connectivity index (χ4n) is 12.6. The Kier molecular flexibility index (Phi) is 8.67. The minimum Gasteiger partial charge on any atom is -0.0619 e. The Bertz CT molecular complexity index is 3930. The van der Waals surface area contributed by atoms with Crippen LogP contribution in [0.2, 0.25) is 0 Å². The summed E-state index contributed by atoms with van der Waals surface area (Å²) in [4.78, 5) is 0. The quantitative estimate of drug-likeness (QED) is 0.155. The molecule has 0 fully saturated rings. The van der Waals surface area contributed by atoms with Crippen LogP contribution in [0, 0.1) is 0 Å². The maximum absolute atomic E-state index is 2.51. The van der Waals surface area contributed by atoms with Crippen molar-refractivity contribution in [1.82, 2.24) is 0 Å². The number of hydrogen-bond donors (Lipinski definition) is 0. The van der Waals surface area contributed by atoms with Crippen molar-refractivity contribution in [1.29, 1.82) is 0 Å². The van der Waals surface area contributed by atoms with Gasteiger partial charge < -0.3 is 0 Å². The summed E-state index contributed by atoms with van der Waals surface area (Å²) in [6.45, 7) is 16.7. The van der Waals surface area contributed by atoms with Crippen LogP contribution in [0.3, 0.4) is 0 Å². The van der Waals surface area contributed by atoms with Gasteiger partial charge in [0.15, 0.2) is 0 Å². The fourth-order valence-corrected chi connectivity index (χ4v) is 12.6. The highest BCUT2D eigenvalue weighted by atomic mass is 14.4. The van der Waals surface area contributed by atoms with E-state index in [1.165, 1.54) is 138 Å². The Morgan fingerprint density at radius 2 is 0.765 bits per heavy atom. The molecule has 0 unspecified atom stereocenters. The van der Waals surface area contributed by atoms with Gasteiger partial charge in [0.2, 0.25) is 0 Å². The predicted molar refractivity (Wildman–Crippen MR) is 292 cm³/mol.